The van der Waals surface area contributed by atoms with Crippen LogP contribution in [0.1, 0.15) is 31.4 Å². The third-order valence-corrected chi connectivity index (χ3v) is 10.4. The second kappa shape index (κ2) is 14.3. The van der Waals surface area contributed by atoms with E-state index in [0.29, 0.717) is 6.71 Å². The van der Waals surface area contributed by atoms with Crippen molar-refractivity contribution in [3.05, 3.63) is 163 Å². The zero-order valence-corrected chi connectivity index (χ0v) is 24.9. The molecule has 5 rings (SSSR count). The van der Waals surface area contributed by atoms with E-state index in [1.165, 1.54) is 33.7 Å². The molecule has 39 heavy (non-hydrogen) atoms. The van der Waals surface area contributed by atoms with Crippen LogP contribution in [0.3, 0.4) is 0 Å². The van der Waals surface area contributed by atoms with Crippen molar-refractivity contribution in [3.63, 3.8) is 0 Å². The molecule has 0 aliphatic rings. The number of imidazole rings is 1. The molecule has 2 nitrogen and oxygen atoms in total. The molecule has 196 valence electrons. The van der Waals surface area contributed by atoms with Gasteiger partial charge in [-0.05, 0) is 30.5 Å². The number of allylic oxidation sites excluding steroid dienone is 2. The molecular formula is C35H39BN2Si. The summed E-state index contributed by atoms with van der Waals surface area (Å²) in [5.74, 6) is 0. The molecule has 0 bridgehead atoms. The second-order valence-corrected chi connectivity index (χ2v) is 12.1. The van der Waals surface area contributed by atoms with Crippen LogP contribution in [0.25, 0.3) is 0 Å². The van der Waals surface area contributed by atoms with Gasteiger partial charge >= 0.3 is 0 Å². The van der Waals surface area contributed by atoms with Crippen LogP contribution in [-0.2, 0) is 5.16 Å². The van der Waals surface area contributed by atoms with Crippen molar-refractivity contribution in [1.82, 2.24) is 9.55 Å². The van der Waals surface area contributed by atoms with Gasteiger partial charge < -0.3 is 4.57 Å². The summed E-state index contributed by atoms with van der Waals surface area (Å²) in [4.78, 5) is 4.37. The molecule has 0 N–H and O–H groups in total. The number of nitrogens with zero attached hydrogens (tertiary/aromatic N) is 2. The molecule has 5 aromatic rings. The molecule has 4 heteroatoms. The van der Waals surface area contributed by atoms with Crippen LogP contribution in [0.5, 0.6) is 0 Å². The number of hydrogen-bond acceptors (Lipinski definition) is 1. The van der Waals surface area contributed by atoms with Gasteiger partial charge in [0, 0.05) is 12.4 Å². The first-order chi connectivity index (χ1) is 19.1. The van der Waals surface area contributed by atoms with E-state index >= 15 is 0 Å². The Labute approximate surface area is 237 Å². The third kappa shape index (κ3) is 7.16. The highest BCUT2D eigenvalue weighted by molar-refractivity contribution is 6.84. The minimum atomic E-state index is -0.560. The van der Waals surface area contributed by atoms with Gasteiger partial charge in [-0.1, -0.05) is 158 Å². The molecule has 1 heterocycles. The van der Waals surface area contributed by atoms with E-state index in [1.54, 1.807) is 0 Å². The molecule has 0 aliphatic heterocycles. The molecule has 0 aliphatic carbocycles. The predicted molar refractivity (Wildman–Crippen MR) is 172 cm³/mol. The normalized spacial score (nSPS) is 11.7. The Bertz CT molecular complexity index is 1310. The van der Waals surface area contributed by atoms with Crippen molar-refractivity contribution in [2.45, 2.75) is 38.3 Å². The lowest BCUT2D eigenvalue weighted by molar-refractivity contribution is 0.592. The van der Waals surface area contributed by atoms with E-state index < -0.39 is 9.52 Å². The van der Waals surface area contributed by atoms with Crippen molar-refractivity contribution in [3.8, 4) is 0 Å². The predicted octanol–water partition coefficient (Wildman–Crippen LogP) is 6.50. The molecular weight excluding hydrogens is 487 g/mol. The summed E-state index contributed by atoms with van der Waals surface area (Å²) in [7, 11) is -0.560. The first kappa shape index (κ1) is 28.1. The second-order valence-electron chi connectivity index (χ2n) is 10.1. The minimum absolute atomic E-state index is 0.109. The first-order valence-electron chi connectivity index (χ1n) is 14.0. The Balaban J connectivity index is 0.000000212. The van der Waals surface area contributed by atoms with Gasteiger partial charge in [0.1, 0.15) is 0 Å². The topological polar surface area (TPSA) is 17.8 Å². The van der Waals surface area contributed by atoms with Crippen LogP contribution in [0.15, 0.2) is 152 Å². The van der Waals surface area contributed by atoms with Crippen LogP contribution >= 0.6 is 0 Å². The van der Waals surface area contributed by atoms with Crippen LogP contribution in [-0.4, -0.2) is 25.8 Å². The maximum absolute atomic E-state index is 4.37. The lowest BCUT2D eigenvalue weighted by atomic mass is 9.43. The monoisotopic (exact) mass is 526 g/mol. The summed E-state index contributed by atoms with van der Waals surface area (Å²) in [5, 5.41) is -0.109. The molecule has 0 spiro atoms. The Morgan fingerprint density at radius 2 is 1.23 bits per heavy atom. The first-order valence-corrected chi connectivity index (χ1v) is 15.7. The summed E-state index contributed by atoms with van der Waals surface area (Å²) in [5.41, 5.74) is 6.97. The number of benzene rings is 4. The lowest BCUT2D eigenvalue weighted by Crippen LogP contribution is -2.41. The Kier molecular flexibility index (Phi) is 10.3. The highest BCUT2D eigenvalue weighted by atomic mass is 28.2. The average molecular weight is 527 g/mol. The molecule has 0 atom stereocenters. The SMILES string of the molecule is CB(c1ccccc1)c1ccccc1.CCC=C(C)C[SiH2]C(c1ccccc1)(c1ccccc1)n1ccnc1. The molecule has 1 aromatic heterocycles. The Morgan fingerprint density at radius 1 is 0.769 bits per heavy atom. The van der Waals surface area contributed by atoms with Gasteiger partial charge in [-0.25, -0.2) is 4.98 Å². The smallest absolute Gasteiger partial charge is 0.206 e. The summed E-state index contributed by atoms with van der Waals surface area (Å²) in [6, 6.07) is 44.2. The van der Waals surface area contributed by atoms with Crippen molar-refractivity contribution < 1.29 is 0 Å². The third-order valence-electron chi connectivity index (χ3n) is 7.48. The summed E-state index contributed by atoms with van der Waals surface area (Å²) < 4.78 is 2.32. The van der Waals surface area contributed by atoms with E-state index in [1.807, 2.05) is 12.5 Å². The molecule has 0 unspecified atom stereocenters. The molecule has 0 amide bonds. The van der Waals surface area contributed by atoms with Gasteiger partial charge in [-0.15, -0.1) is 0 Å². The summed E-state index contributed by atoms with van der Waals surface area (Å²) >= 11 is 0. The molecule has 0 saturated heterocycles. The van der Waals surface area contributed by atoms with E-state index in [2.05, 4.69) is 164 Å². The highest BCUT2D eigenvalue weighted by Gasteiger charge is 2.35. The Hall–Kier alpha value is -3.89. The minimum Gasteiger partial charge on any atom is -0.327 e. The van der Waals surface area contributed by atoms with Gasteiger partial charge in [0.25, 0.3) is 0 Å². The highest BCUT2D eigenvalue weighted by Crippen LogP contribution is 2.34. The zero-order valence-electron chi connectivity index (χ0n) is 23.4. The summed E-state index contributed by atoms with van der Waals surface area (Å²) in [6.45, 7) is 7.20. The molecule has 0 fully saturated rings. The average Bonchev–Trinajstić information content (AvgIpc) is 3.55. The number of aromatic nitrogens is 2. The largest absolute Gasteiger partial charge is 0.327 e. The van der Waals surface area contributed by atoms with E-state index in [0.717, 1.165) is 6.42 Å². The lowest BCUT2D eigenvalue weighted by Gasteiger charge is -2.37. The standard InChI is InChI=1S/C22H26N2Si.C13H13B/c1-3-10-19(2)17-25-22(24-16-15-23-18-24,20-11-6-4-7-12-20)21-13-8-5-9-14-21;1-14(12-8-4-2-5-9-12)13-10-6-3-7-11-13/h4-16,18H,3,17,25H2,1-2H3;2-11H,1H3. The maximum Gasteiger partial charge on any atom is 0.206 e. The maximum atomic E-state index is 4.37. The van der Waals surface area contributed by atoms with Crippen molar-refractivity contribution in [1.29, 1.82) is 0 Å². The fraction of sp³-hybridized carbons (Fsp3) is 0.171. The zero-order chi connectivity index (χ0) is 27.3. The fourth-order valence-corrected chi connectivity index (χ4v) is 7.75. The number of rotatable bonds is 9. The molecule has 4 aromatic carbocycles. The van der Waals surface area contributed by atoms with Crippen molar-refractivity contribution >= 4 is 27.2 Å². The van der Waals surface area contributed by atoms with Crippen LogP contribution < -0.4 is 10.9 Å². The number of hydrogen-bond donors (Lipinski definition) is 0. The fourth-order valence-electron chi connectivity index (χ4n) is 5.30. The Morgan fingerprint density at radius 3 is 1.64 bits per heavy atom. The van der Waals surface area contributed by atoms with Gasteiger partial charge in [-0.2, -0.15) is 0 Å². The molecule has 0 saturated carbocycles. The van der Waals surface area contributed by atoms with Crippen molar-refractivity contribution in [2.75, 3.05) is 0 Å². The van der Waals surface area contributed by atoms with E-state index in [9.17, 15) is 0 Å². The van der Waals surface area contributed by atoms with Crippen LogP contribution in [0.2, 0.25) is 12.9 Å². The summed E-state index contributed by atoms with van der Waals surface area (Å²) in [6.07, 6.45) is 9.46. The quantitative estimate of drug-likeness (QED) is 0.158. The van der Waals surface area contributed by atoms with Gasteiger partial charge in [0.2, 0.25) is 6.71 Å². The van der Waals surface area contributed by atoms with E-state index in [-0.39, 0.29) is 5.16 Å². The van der Waals surface area contributed by atoms with Gasteiger partial charge in [0.15, 0.2) is 0 Å². The van der Waals surface area contributed by atoms with Crippen LogP contribution in [0.4, 0.5) is 0 Å². The van der Waals surface area contributed by atoms with Gasteiger partial charge in [-0.3, -0.25) is 0 Å². The van der Waals surface area contributed by atoms with Crippen molar-refractivity contribution in [2.24, 2.45) is 0 Å². The van der Waals surface area contributed by atoms with Crippen LogP contribution in [0, 0.1) is 0 Å². The van der Waals surface area contributed by atoms with Gasteiger partial charge in [0.05, 0.1) is 21.0 Å². The molecule has 0 radical (unpaired) electrons. The van der Waals surface area contributed by atoms with E-state index in [4.69, 9.17) is 0 Å².